The maximum atomic E-state index is 6.19. The van der Waals surface area contributed by atoms with Crippen LogP contribution in [0.15, 0.2) is 61.1 Å². The first-order chi connectivity index (χ1) is 12.2. The molecule has 2 aromatic carbocycles. The summed E-state index contributed by atoms with van der Waals surface area (Å²) in [6.07, 6.45) is 6.19. The smallest absolute Gasteiger partial charge is 0.102 e. The van der Waals surface area contributed by atoms with Gasteiger partial charge in [0.05, 0.1) is 5.52 Å². The summed E-state index contributed by atoms with van der Waals surface area (Å²) in [6, 6.07) is 14.2. The maximum Gasteiger partial charge on any atom is 0.102 e. The number of hydrogen-bond acceptors (Lipinski definition) is 1. The van der Waals surface area contributed by atoms with Crippen molar-refractivity contribution < 1.29 is 0 Å². The van der Waals surface area contributed by atoms with E-state index in [2.05, 4.69) is 57.3 Å². The van der Waals surface area contributed by atoms with E-state index >= 15 is 0 Å². The lowest BCUT2D eigenvalue weighted by Crippen LogP contribution is -1.82. The second kappa shape index (κ2) is 5.26. The van der Waals surface area contributed by atoms with Crippen molar-refractivity contribution in [2.75, 3.05) is 0 Å². The van der Waals surface area contributed by atoms with Crippen LogP contribution in [0.3, 0.4) is 0 Å². The minimum absolute atomic E-state index is 0.706. The number of para-hydroxylation sites is 1. The molecule has 5 rings (SSSR count). The third-order valence-electron chi connectivity index (χ3n) is 4.71. The topological polar surface area (TPSA) is 49.4 Å². The Labute approximate surface area is 149 Å². The third-order valence-corrected chi connectivity index (χ3v) is 4.95. The van der Waals surface area contributed by atoms with Gasteiger partial charge in [-0.15, -0.1) is 0 Å². The van der Waals surface area contributed by atoms with Gasteiger partial charge in [-0.05, 0) is 24.3 Å². The monoisotopic (exact) mass is 346 g/mol. The van der Waals surface area contributed by atoms with Gasteiger partial charge < -0.3 is 9.55 Å². The van der Waals surface area contributed by atoms with Crippen LogP contribution in [0.2, 0.25) is 5.02 Å². The molecule has 0 spiro atoms. The molecule has 0 saturated carbocycles. The third kappa shape index (κ3) is 2.11. The highest BCUT2D eigenvalue weighted by Gasteiger charge is 2.17. The number of nitrogens with one attached hydrogen (secondary N) is 2. The molecule has 0 aliphatic rings. The Morgan fingerprint density at radius 1 is 0.960 bits per heavy atom. The molecule has 25 heavy (non-hydrogen) atoms. The summed E-state index contributed by atoms with van der Waals surface area (Å²) in [5.74, 6) is 0. The van der Waals surface area contributed by atoms with Crippen LogP contribution >= 0.6 is 11.6 Å². The van der Waals surface area contributed by atoms with Crippen molar-refractivity contribution >= 4 is 33.4 Å². The summed E-state index contributed by atoms with van der Waals surface area (Å²) >= 11 is 6.19. The normalized spacial score (nSPS) is 11.6. The van der Waals surface area contributed by atoms with Crippen molar-refractivity contribution in [1.82, 2.24) is 19.7 Å². The van der Waals surface area contributed by atoms with Crippen LogP contribution in [0, 0.1) is 0 Å². The number of hydrogen-bond donors (Lipinski definition) is 2. The average Bonchev–Trinajstić information content (AvgIpc) is 3.32. The van der Waals surface area contributed by atoms with Crippen LogP contribution in [-0.4, -0.2) is 19.7 Å². The second-order valence-electron chi connectivity index (χ2n) is 6.22. The minimum Gasteiger partial charge on any atom is -0.366 e. The molecule has 0 radical (unpaired) electrons. The van der Waals surface area contributed by atoms with Crippen molar-refractivity contribution in [2.45, 2.75) is 0 Å². The van der Waals surface area contributed by atoms with Gasteiger partial charge in [0.15, 0.2) is 0 Å². The van der Waals surface area contributed by atoms with E-state index in [0.29, 0.717) is 5.02 Å². The number of nitrogens with zero attached hydrogens (tertiary/aromatic N) is 2. The Hall–Kier alpha value is -2.98. The lowest BCUT2D eigenvalue weighted by molar-refractivity contribution is 0.970. The van der Waals surface area contributed by atoms with Gasteiger partial charge in [-0.3, -0.25) is 5.10 Å². The van der Waals surface area contributed by atoms with Crippen LogP contribution in [0.1, 0.15) is 0 Å². The summed E-state index contributed by atoms with van der Waals surface area (Å²) in [5, 5.41) is 10.6. The molecule has 3 aromatic heterocycles. The van der Waals surface area contributed by atoms with Gasteiger partial charge in [-0.1, -0.05) is 29.8 Å². The van der Waals surface area contributed by atoms with Crippen molar-refractivity contribution in [3.63, 3.8) is 0 Å². The van der Waals surface area contributed by atoms with Gasteiger partial charge in [0.25, 0.3) is 0 Å². The van der Waals surface area contributed by atoms with Crippen molar-refractivity contribution in [1.29, 1.82) is 0 Å². The zero-order valence-corrected chi connectivity index (χ0v) is 14.3. The number of halogens is 1. The first-order valence-corrected chi connectivity index (χ1v) is 8.45. The Balaban J connectivity index is 1.78. The Kier molecular flexibility index (Phi) is 3.02. The summed E-state index contributed by atoms with van der Waals surface area (Å²) in [4.78, 5) is 3.24. The average molecular weight is 347 g/mol. The number of aromatic amines is 2. The molecular formula is C20H15ClN4. The Morgan fingerprint density at radius 3 is 2.72 bits per heavy atom. The second-order valence-corrected chi connectivity index (χ2v) is 6.65. The number of benzene rings is 2. The van der Waals surface area contributed by atoms with Crippen molar-refractivity contribution in [3.8, 4) is 22.4 Å². The van der Waals surface area contributed by atoms with Crippen LogP contribution in [0.4, 0.5) is 0 Å². The van der Waals surface area contributed by atoms with Crippen molar-refractivity contribution in [3.05, 3.63) is 66.1 Å². The zero-order chi connectivity index (χ0) is 17.0. The van der Waals surface area contributed by atoms with Gasteiger partial charge in [-0.25, -0.2) is 0 Å². The van der Waals surface area contributed by atoms with E-state index in [1.165, 1.54) is 16.5 Å². The molecular weight excluding hydrogens is 332 g/mol. The van der Waals surface area contributed by atoms with Gasteiger partial charge in [0.1, 0.15) is 5.69 Å². The molecule has 0 fully saturated rings. The first kappa shape index (κ1) is 14.4. The minimum atomic E-state index is 0.706. The van der Waals surface area contributed by atoms with Crippen LogP contribution in [0.5, 0.6) is 0 Å². The van der Waals surface area contributed by atoms with E-state index < -0.39 is 0 Å². The zero-order valence-electron chi connectivity index (χ0n) is 13.5. The standard InChI is InChI=1S/C20H15ClN4/c1-25-11-17(13-4-2-3-5-19(13)25)15-9-22-10-16(15)20-14-8-12(21)6-7-18(14)23-24-20/h2-11,22H,1H3,(H,23,24). The van der Waals surface area contributed by atoms with Gasteiger partial charge in [-0.2, -0.15) is 5.10 Å². The number of H-pyrrole nitrogens is 2. The number of rotatable bonds is 2. The van der Waals surface area contributed by atoms with Gasteiger partial charge >= 0.3 is 0 Å². The number of aromatic nitrogens is 4. The molecule has 4 nitrogen and oxygen atoms in total. The lowest BCUT2D eigenvalue weighted by Gasteiger charge is -2.01. The predicted molar refractivity (Wildman–Crippen MR) is 103 cm³/mol. The van der Waals surface area contributed by atoms with E-state index in [1.54, 1.807) is 0 Å². The van der Waals surface area contributed by atoms with E-state index in [0.717, 1.165) is 27.7 Å². The SMILES string of the molecule is Cn1cc(-c2c[nH]cc2-c2n[nH]c3ccc(Cl)cc23)c2ccccc21. The molecule has 0 saturated heterocycles. The molecule has 2 N–H and O–H groups in total. The Morgan fingerprint density at radius 2 is 1.80 bits per heavy atom. The molecule has 0 atom stereocenters. The van der Waals surface area contributed by atoms with Gasteiger partial charge in [0, 0.05) is 63.6 Å². The highest BCUT2D eigenvalue weighted by Crippen LogP contribution is 2.38. The number of aryl methyl sites for hydroxylation is 1. The molecule has 5 heteroatoms. The van der Waals surface area contributed by atoms with Crippen LogP contribution in [0.25, 0.3) is 44.2 Å². The number of fused-ring (bicyclic) bond motifs is 2. The lowest BCUT2D eigenvalue weighted by atomic mass is 10.0. The predicted octanol–water partition coefficient (Wildman–Crippen LogP) is 5.37. The van der Waals surface area contributed by atoms with Gasteiger partial charge in [0.2, 0.25) is 0 Å². The van der Waals surface area contributed by atoms with E-state index in [1.807, 2.05) is 30.6 Å². The molecule has 0 aliphatic heterocycles. The summed E-state index contributed by atoms with van der Waals surface area (Å²) < 4.78 is 2.15. The highest BCUT2D eigenvalue weighted by molar-refractivity contribution is 6.31. The molecule has 0 aliphatic carbocycles. The van der Waals surface area contributed by atoms with E-state index in [-0.39, 0.29) is 0 Å². The van der Waals surface area contributed by atoms with Crippen LogP contribution in [-0.2, 0) is 7.05 Å². The fourth-order valence-corrected chi connectivity index (χ4v) is 3.70. The summed E-state index contributed by atoms with van der Waals surface area (Å²) in [5.41, 5.74) is 6.47. The van der Waals surface area contributed by atoms with E-state index in [4.69, 9.17) is 11.6 Å². The Bertz CT molecular complexity index is 1230. The molecule has 0 amide bonds. The molecule has 122 valence electrons. The van der Waals surface area contributed by atoms with Crippen molar-refractivity contribution in [2.24, 2.45) is 7.05 Å². The highest BCUT2D eigenvalue weighted by atomic mass is 35.5. The quantitative estimate of drug-likeness (QED) is 0.443. The molecule has 0 unspecified atom stereocenters. The first-order valence-electron chi connectivity index (χ1n) is 8.07. The van der Waals surface area contributed by atoms with Crippen LogP contribution < -0.4 is 0 Å². The van der Waals surface area contributed by atoms with E-state index in [9.17, 15) is 0 Å². The fraction of sp³-hybridized carbons (Fsp3) is 0.0500. The molecule has 5 aromatic rings. The summed E-state index contributed by atoms with van der Waals surface area (Å²) in [7, 11) is 2.07. The summed E-state index contributed by atoms with van der Waals surface area (Å²) in [6.45, 7) is 0. The maximum absolute atomic E-state index is 6.19. The largest absolute Gasteiger partial charge is 0.366 e. The fourth-order valence-electron chi connectivity index (χ4n) is 3.53. The molecule has 0 bridgehead atoms. The molecule has 3 heterocycles.